The fourth-order valence-electron chi connectivity index (χ4n) is 1.84. The molecule has 1 saturated carbocycles. The molecule has 0 aromatic heterocycles. The standard InChI is InChI=1S/C11H18F3NO2/c1-3-17-10(16)6-8(2)15(9-4-5-9)7-11(12,13)14/h8-9H,3-7H2,1-2H3. The van der Waals surface area contributed by atoms with Crippen molar-refractivity contribution < 1.29 is 22.7 Å². The molecular weight excluding hydrogens is 235 g/mol. The van der Waals surface area contributed by atoms with Crippen LogP contribution in [-0.4, -0.2) is 42.3 Å². The number of ether oxygens (including phenoxy) is 1. The van der Waals surface area contributed by atoms with Gasteiger partial charge in [-0.25, -0.2) is 0 Å². The highest BCUT2D eigenvalue weighted by molar-refractivity contribution is 5.70. The van der Waals surface area contributed by atoms with Crippen LogP contribution >= 0.6 is 0 Å². The van der Waals surface area contributed by atoms with Crippen molar-refractivity contribution in [2.45, 2.75) is 51.4 Å². The zero-order valence-corrected chi connectivity index (χ0v) is 10.1. The maximum atomic E-state index is 12.4. The van der Waals surface area contributed by atoms with Gasteiger partial charge >= 0.3 is 12.1 Å². The Morgan fingerprint density at radius 3 is 2.47 bits per heavy atom. The van der Waals surface area contributed by atoms with Crippen LogP contribution < -0.4 is 0 Å². The molecule has 100 valence electrons. The maximum absolute atomic E-state index is 12.4. The second-order valence-corrected chi connectivity index (χ2v) is 4.38. The van der Waals surface area contributed by atoms with E-state index >= 15 is 0 Å². The number of hydrogen-bond donors (Lipinski definition) is 0. The minimum absolute atomic E-state index is 0.0143. The van der Waals surface area contributed by atoms with Gasteiger partial charge in [0.15, 0.2) is 0 Å². The van der Waals surface area contributed by atoms with E-state index < -0.39 is 24.7 Å². The summed E-state index contributed by atoms with van der Waals surface area (Å²) in [5, 5.41) is 0. The summed E-state index contributed by atoms with van der Waals surface area (Å²) in [5.74, 6) is -0.437. The Hall–Kier alpha value is -0.780. The first-order valence-electron chi connectivity index (χ1n) is 5.81. The molecule has 6 heteroatoms. The normalized spacial score (nSPS) is 18.2. The highest BCUT2D eigenvalue weighted by atomic mass is 19.4. The molecular formula is C11H18F3NO2. The molecule has 0 amide bonds. The van der Waals surface area contributed by atoms with Crippen LogP contribution in [0.5, 0.6) is 0 Å². The SMILES string of the molecule is CCOC(=O)CC(C)N(CC(F)(F)F)C1CC1. The highest BCUT2D eigenvalue weighted by Gasteiger charge is 2.40. The van der Waals surface area contributed by atoms with Crippen molar-refractivity contribution in [3.05, 3.63) is 0 Å². The van der Waals surface area contributed by atoms with Crippen molar-refractivity contribution in [1.29, 1.82) is 0 Å². The number of alkyl halides is 3. The largest absolute Gasteiger partial charge is 0.466 e. The van der Waals surface area contributed by atoms with Gasteiger partial charge in [0.2, 0.25) is 0 Å². The number of nitrogens with zero attached hydrogens (tertiary/aromatic N) is 1. The third-order valence-electron chi connectivity index (χ3n) is 2.71. The zero-order valence-electron chi connectivity index (χ0n) is 10.1. The third kappa shape index (κ3) is 5.39. The molecule has 1 atom stereocenters. The van der Waals surface area contributed by atoms with Crippen LogP contribution in [0.15, 0.2) is 0 Å². The third-order valence-corrected chi connectivity index (χ3v) is 2.71. The van der Waals surface area contributed by atoms with E-state index in [9.17, 15) is 18.0 Å². The van der Waals surface area contributed by atoms with E-state index in [1.165, 1.54) is 4.90 Å². The van der Waals surface area contributed by atoms with Gasteiger partial charge in [0.1, 0.15) is 0 Å². The molecule has 0 N–H and O–H groups in total. The van der Waals surface area contributed by atoms with Crippen LogP contribution in [0, 0.1) is 0 Å². The predicted molar refractivity (Wildman–Crippen MR) is 56.5 cm³/mol. The summed E-state index contributed by atoms with van der Waals surface area (Å²) < 4.78 is 41.9. The second-order valence-electron chi connectivity index (χ2n) is 4.38. The van der Waals surface area contributed by atoms with E-state index in [0.717, 1.165) is 12.8 Å². The first kappa shape index (κ1) is 14.3. The van der Waals surface area contributed by atoms with Gasteiger partial charge < -0.3 is 4.74 Å². The molecule has 1 aliphatic rings. The van der Waals surface area contributed by atoms with Crippen LogP contribution in [0.25, 0.3) is 0 Å². The van der Waals surface area contributed by atoms with Gasteiger partial charge in [0.05, 0.1) is 19.6 Å². The Morgan fingerprint density at radius 2 is 2.06 bits per heavy atom. The molecule has 0 aromatic carbocycles. The van der Waals surface area contributed by atoms with Crippen molar-refractivity contribution in [3.63, 3.8) is 0 Å². The maximum Gasteiger partial charge on any atom is 0.401 e. The van der Waals surface area contributed by atoms with Crippen molar-refractivity contribution in [2.24, 2.45) is 0 Å². The lowest BCUT2D eigenvalue weighted by molar-refractivity contribution is -0.157. The average molecular weight is 253 g/mol. The topological polar surface area (TPSA) is 29.5 Å². The lowest BCUT2D eigenvalue weighted by Gasteiger charge is -2.29. The summed E-state index contributed by atoms with van der Waals surface area (Å²) in [5.41, 5.74) is 0. The average Bonchev–Trinajstić information content (AvgIpc) is 2.95. The molecule has 0 radical (unpaired) electrons. The monoisotopic (exact) mass is 253 g/mol. The summed E-state index contributed by atoms with van der Waals surface area (Å²) in [4.78, 5) is 12.6. The molecule has 0 bridgehead atoms. The molecule has 0 aromatic rings. The first-order valence-corrected chi connectivity index (χ1v) is 5.81. The van der Waals surface area contributed by atoms with Gasteiger partial charge in [-0.3, -0.25) is 9.69 Å². The number of carbonyl (C=O) groups is 1. The quantitative estimate of drug-likeness (QED) is 0.680. The van der Waals surface area contributed by atoms with Gasteiger partial charge in [-0.15, -0.1) is 0 Å². The molecule has 1 aliphatic carbocycles. The molecule has 0 spiro atoms. The highest BCUT2D eigenvalue weighted by Crippen LogP contribution is 2.32. The van der Waals surface area contributed by atoms with Crippen molar-refractivity contribution >= 4 is 5.97 Å². The Kier molecular flexibility index (Phi) is 4.80. The van der Waals surface area contributed by atoms with E-state index in [0.29, 0.717) is 0 Å². The second kappa shape index (κ2) is 5.71. The van der Waals surface area contributed by atoms with Crippen LogP contribution in [0.1, 0.15) is 33.1 Å². The van der Waals surface area contributed by atoms with Gasteiger partial charge in [0, 0.05) is 12.1 Å². The Bertz CT molecular complexity index is 264. The Balaban J connectivity index is 2.49. The minimum atomic E-state index is -4.22. The zero-order chi connectivity index (χ0) is 13.1. The minimum Gasteiger partial charge on any atom is -0.466 e. The van der Waals surface area contributed by atoms with E-state index in [1.54, 1.807) is 13.8 Å². The number of hydrogen-bond acceptors (Lipinski definition) is 3. The van der Waals surface area contributed by atoms with Gasteiger partial charge in [-0.2, -0.15) is 13.2 Å². The fourth-order valence-corrected chi connectivity index (χ4v) is 1.84. The van der Waals surface area contributed by atoms with Crippen LogP contribution in [0.4, 0.5) is 13.2 Å². The van der Waals surface area contributed by atoms with Crippen LogP contribution in [0.2, 0.25) is 0 Å². The molecule has 3 nitrogen and oxygen atoms in total. The lowest BCUT2D eigenvalue weighted by Crippen LogP contribution is -2.43. The molecule has 0 aliphatic heterocycles. The fraction of sp³-hybridized carbons (Fsp3) is 0.909. The summed E-state index contributed by atoms with van der Waals surface area (Å²) in [6.45, 7) is 2.63. The summed E-state index contributed by atoms with van der Waals surface area (Å²) in [6.07, 6.45) is -2.64. The Morgan fingerprint density at radius 1 is 1.47 bits per heavy atom. The van der Waals surface area contributed by atoms with E-state index in [1.807, 2.05) is 0 Å². The number of esters is 1. The number of halogens is 3. The van der Waals surface area contributed by atoms with E-state index in [-0.39, 0.29) is 19.1 Å². The smallest absolute Gasteiger partial charge is 0.401 e. The molecule has 1 rings (SSSR count). The summed E-state index contributed by atoms with van der Waals surface area (Å²) in [7, 11) is 0. The summed E-state index contributed by atoms with van der Waals surface area (Å²) >= 11 is 0. The lowest BCUT2D eigenvalue weighted by atomic mass is 10.2. The number of rotatable bonds is 6. The summed E-state index contributed by atoms with van der Waals surface area (Å²) in [6, 6.07) is -0.454. The first-order chi connectivity index (χ1) is 7.83. The predicted octanol–water partition coefficient (Wildman–Crippen LogP) is 2.35. The van der Waals surface area contributed by atoms with E-state index in [4.69, 9.17) is 4.74 Å². The van der Waals surface area contributed by atoms with Gasteiger partial charge in [0.25, 0.3) is 0 Å². The molecule has 0 heterocycles. The Labute approximate surface area is 98.9 Å². The molecule has 17 heavy (non-hydrogen) atoms. The van der Waals surface area contributed by atoms with Gasteiger partial charge in [-0.1, -0.05) is 0 Å². The van der Waals surface area contributed by atoms with Crippen molar-refractivity contribution in [3.8, 4) is 0 Å². The van der Waals surface area contributed by atoms with Crippen LogP contribution in [0.3, 0.4) is 0 Å². The number of carbonyl (C=O) groups excluding carboxylic acids is 1. The van der Waals surface area contributed by atoms with Crippen molar-refractivity contribution in [2.75, 3.05) is 13.2 Å². The van der Waals surface area contributed by atoms with Crippen molar-refractivity contribution in [1.82, 2.24) is 4.90 Å². The van der Waals surface area contributed by atoms with Crippen LogP contribution in [-0.2, 0) is 9.53 Å². The molecule has 0 saturated heterocycles. The van der Waals surface area contributed by atoms with E-state index in [2.05, 4.69) is 0 Å². The van der Waals surface area contributed by atoms with Gasteiger partial charge in [-0.05, 0) is 26.7 Å². The molecule has 1 fully saturated rings. The molecule has 1 unspecified atom stereocenters.